The Morgan fingerprint density at radius 2 is 2.08 bits per heavy atom. The summed E-state index contributed by atoms with van der Waals surface area (Å²) in [5.41, 5.74) is 1.12. The van der Waals surface area contributed by atoms with Crippen molar-refractivity contribution >= 4 is 49.9 Å². The zero-order valence-corrected chi connectivity index (χ0v) is 14.2. The predicted octanol–water partition coefficient (Wildman–Crippen LogP) is 3.14. The maximum Gasteiger partial charge on any atom is 0.261 e. The van der Waals surface area contributed by atoms with Gasteiger partial charge >= 0.3 is 0 Å². The number of thiocarbonyl (C=S) groups is 1. The fraction of sp³-hybridized carbons (Fsp3) is 0.0625. The molecule has 3 rings (SSSR count). The number of thiazole rings is 1. The number of phenols is 1. The number of aromatic nitrogens is 1. The molecule has 6 nitrogen and oxygen atoms in total. The van der Waals surface area contributed by atoms with E-state index in [1.807, 2.05) is 0 Å². The molecule has 24 heavy (non-hydrogen) atoms. The van der Waals surface area contributed by atoms with Crippen LogP contribution in [0.15, 0.2) is 42.5 Å². The number of benzene rings is 2. The maximum atomic E-state index is 12.3. The van der Waals surface area contributed by atoms with Gasteiger partial charge in [0, 0.05) is 0 Å². The van der Waals surface area contributed by atoms with E-state index in [4.69, 9.17) is 17.0 Å². The second kappa shape index (κ2) is 6.81. The molecule has 0 saturated carbocycles. The van der Waals surface area contributed by atoms with Gasteiger partial charge in [-0.05, 0) is 42.5 Å². The molecule has 1 aromatic heterocycles. The summed E-state index contributed by atoms with van der Waals surface area (Å²) in [6.07, 6.45) is 0. The first-order valence-electron chi connectivity index (χ1n) is 6.92. The van der Waals surface area contributed by atoms with E-state index in [9.17, 15) is 9.90 Å². The standard InChI is InChI=1S/C16H13N3O3S2/c1-22-12-5-3-2-4-10(12)14(21)18-15(23)19-16-17-11-7-6-9(20)8-13(11)24-16/h2-8,20H,1H3,(H2,17,18,19,21,23). The van der Waals surface area contributed by atoms with E-state index in [1.54, 1.807) is 42.5 Å². The van der Waals surface area contributed by atoms with Crippen LogP contribution in [0.25, 0.3) is 10.2 Å². The second-order valence-corrected chi connectivity index (χ2v) is 6.22. The number of carbonyl (C=O) groups is 1. The van der Waals surface area contributed by atoms with Gasteiger partial charge in [-0.25, -0.2) is 4.98 Å². The number of hydrogen-bond donors (Lipinski definition) is 3. The summed E-state index contributed by atoms with van der Waals surface area (Å²) in [5, 5.41) is 15.6. The number of rotatable bonds is 3. The molecule has 1 heterocycles. The van der Waals surface area contributed by atoms with Gasteiger partial charge in [0.05, 0.1) is 22.9 Å². The van der Waals surface area contributed by atoms with Crippen molar-refractivity contribution in [3.63, 3.8) is 0 Å². The number of anilines is 1. The Morgan fingerprint density at radius 1 is 1.29 bits per heavy atom. The van der Waals surface area contributed by atoms with Gasteiger partial charge in [-0.1, -0.05) is 23.5 Å². The molecule has 0 fully saturated rings. The molecule has 3 aromatic rings. The normalized spacial score (nSPS) is 10.4. The van der Waals surface area contributed by atoms with Crippen LogP contribution in [0.1, 0.15) is 10.4 Å². The average Bonchev–Trinajstić information content (AvgIpc) is 2.95. The number of ether oxygens (including phenoxy) is 1. The van der Waals surface area contributed by atoms with Crippen molar-refractivity contribution in [2.24, 2.45) is 0 Å². The average molecular weight is 359 g/mol. The molecule has 8 heteroatoms. The van der Waals surface area contributed by atoms with E-state index in [1.165, 1.54) is 18.4 Å². The molecule has 0 saturated heterocycles. The Bertz CT molecular complexity index is 924. The van der Waals surface area contributed by atoms with Gasteiger partial charge in [-0.3, -0.25) is 10.1 Å². The van der Waals surface area contributed by atoms with Crippen LogP contribution in [0.5, 0.6) is 11.5 Å². The van der Waals surface area contributed by atoms with E-state index in [0.29, 0.717) is 16.4 Å². The fourth-order valence-electron chi connectivity index (χ4n) is 2.10. The minimum atomic E-state index is -0.372. The van der Waals surface area contributed by atoms with Crippen LogP contribution >= 0.6 is 23.6 Å². The lowest BCUT2D eigenvalue weighted by Crippen LogP contribution is -2.34. The number of hydrogen-bond acceptors (Lipinski definition) is 6. The van der Waals surface area contributed by atoms with Crippen molar-refractivity contribution in [1.29, 1.82) is 0 Å². The van der Waals surface area contributed by atoms with Gasteiger partial charge in [-0.2, -0.15) is 0 Å². The Balaban J connectivity index is 1.71. The highest BCUT2D eigenvalue weighted by molar-refractivity contribution is 7.80. The van der Waals surface area contributed by atoms with E-state index in [0.717, 1.165) is 10.2 Å². The monoisotopic (exact) mass is 359 g/mol. The number of phenolic OH excluding ortho intramolecular Hbond substituents is 1. The predicted molar refractivity (Wildman–Crippen MR) is 98.0 cm³/mol. The number of aromatic hydroxyl groups is 1. The maximum absolute atomic E-state index is 12.3. The van der Waals surface area contributed by atoms with Gasteiger partial charge in [0.1, 0.15) is 11.5 Å². The fourth-order valence-corrected chi connectivity index (χ4v) is 3.26. The molecule has 3 N–H and O–H groups in total. The molecule has 0 spiro atoms. The molecule has 0 aliphatic rings. The topological polar surface area (TPSA) is 83.5 Å². The smallest absolute Gasteiger partial charge is 0.261 e. The Morgan fingerprint density at radius 3 is 2.88 bits per heavy atom. The SMILES string of the molecule is COc1ccccc1C(=O)NC(=S)Nc1nc2ccc(O)cc2s1. The van der Waals surface area contributed by atoms with Gasteiger partial charge < -0.3 is 15.2 Å². The van der Waals surface area contributed by atoms with E-state index >= 15 is 0 Å². The Kier molecular flexibility index (Phi) is 4.59. The highest BCUT2D eigenvalue weighted by Gasteiger charge is 2.14. The summed E-state index contributed by atoms with van der Waals surface area (Å²) in [6.45, 7) is 0. The summed E-state index contributed by atoms with van der Waals surface area (Å²) >= 11 is 6.48. The third-order valence-corrected chi connectivity index (χ3v) is 4.31. The summed E-state index contributed by atoms with van der Waals surface area (Å²) in [4.78, 5) is 16.6. The largest absolute Gasteiger partial charge is 0.508 e. The first-order chi connectivity index (χ1) is 11.6. The van der Waals surface area contributed by atoms with Gasteiger partial charge in [0.25, 0.3) is 5.91 Å². The van der Waals surface area contributed by atoms with Crippen LogP contribution in [0.3, 0.4) is 0 Å². The molecular formula is C16H13N3O3S2. The molecule has 0 radical (unpaired) electrons. The van der Waals surface area contributed by atoms with Crippen LogP contribution in [-0.2, 0) is 0 Å². The van der Waals surface area contributed by atoms with Crippen LogP contribution in [0.2, 0.25) is 0 Å². The van der Waals surface area contributed by atoms with Gasteiger partial charge in [-0.15, -0.1) is 0 Å². The Hall–Kier alpha value is -2.71. The number of nitrogens with zero attached hydrogens (tertiary/aromatic N) is 1. The van der Waals surface area contributed by atoms with E-state index < -0.39 is 0 Å². The molecule has 0 unspecified atom stereocenters. The number of nitrogens with one attached hydrogen (secondary N) is 2. The number of fused-ring (bicyclic) bond motifs is 1. The van der Waals surface area contributed by atoms with Crippen LogP contribution in [0.4, 0.5) is 5.13 Å². The lowest BCUT2D eigenvalue weighted by Gasteiger charge is -2.09. The van der Waals surface area contributed by atoms with Crippen molar-refractivity contribution in [2.45, 2.75) is 0 Å². The van der Waals surface area contributed by atoms with Crippen molar-refractivity contribution in [1.82, 2.24) is 10.3 Å². The molecule has 122 valence electrons. The molecule has 0 aliphatic heterocycles. The number of carbonyl (C=O) groups excluding carboxylic acids is 1. The first kappa shape index (κ1) is 16.2. The quantitative estimate of drug-likeness (QED) is 0.623. The van der Waals surface area contributed by atoms with Gasteiger partial charge in [0.15, 0.2) is 10.2 Å². The zero-order valence-electron chi connectivity index (χ0n) is 12.6. The van der Waals surface area contributed by atoms with Crippen molar-refractivity contribution < 1.29 is 14.6 Å². The van der Waals surface area contributed by atoms with Crippen molar-refractivity contribution in [2.75, 3.05) is 12.4 Å². The summed E-state index contributed by atoms with van der Waals surface area (Å²) in [5.74, 6) is 0.265. The number of methoxy groups -OCH3 is 1. The minimum Gasteiger partial charge on any atom is -0.508 e. The Labute approximate surface area is 147 Å². The zero-order chi connectivity index (χ0) is 17.1. The lowest BCUT2D eigenvalue weighted by atomic mass is 10.2. The molecule has 0 bridgehead atoms. The van der Waals surface area contributed by atoms with Gasteiger partial charge in [0.2, 0.25) is 0 Å². The molecule has 0 atom stereocenters. The second-order valence-electron chi connectivity index (χ2n) is 4.78. The van der Waals surface area contributed by atoms with Crippen molar-refractivity contribution in [3.05, 3.63) is 48.0 Å². The number of amides is 1. The first-order valence-corrected chi connectivity index (χ1v) is 8.14. The van der Waals surface area contributed by atoms with Crippen LogP contribution in [-0.4, -0.2) is 28.2 Å². The third-order valence-electron chi connectivity index (χ3n) is 3.17. The lowest BCUT2D eigenvalue weighted by molar-refractivity contribution is 0.0975. The molecule has 1 amide bonds. The van der Waals surface area contributed by atoms with E-state index in [-0.39, 0.29) is 16.8 Å². The molecular weight excluding hydrogens is 346 g/mol. The van der Waals surface area contributed by atoms with Crippen LogP contribution in [0, 0.1) is 0 Å². The van der Waals surface area contributed by atoms with Crippen molar-refractivity contribution in [3.8, 4) is 11.5 Å². The highest BCUT2D eigenvalue weighted by Crippen LogP contribution is 2.28. The summed E-state index contributed by atoms with van der Waals surface area (Å²) < 4.78 is 5.97. The number of para-hydroxylation sites is 1. The molecule has 0 aliphatic carbocycles. The van der Waals surface area contributed by atoms with Crippen LogP contribution < -0.4 is 15.4 Å². The third kappa shape index (κ3) is 3.44. The summed E-state index contributed by atoms with van der Waals surface area (Å²) in [7, 11) is 1.50. The minimum absolute atomic E-state index is 0.134. The summed E-state index contributed by atoms with van der Waals surface area (Å²) in [6, 6.07) is 11.8. The highest BCUT2D eigenvalue weighted by atomic mass is 32.1. The van der Waals surface area contributed by atoms with E-state index in [2.05, 4.69) is 15.6 Å². The molecule has 2 aromatic carbocycles.